The molecule has 3 N–H and O–H groups in total. The fourth-order valence-electron chi connectivity index (χ4n) is 4.35. The number of carbonyl (C=O) groups is 1. The van der Waals surface area contributed by atoms with Gasteiger partial charge in [0.2, 0.25) is 0 Å². The summed E-state index contributed by atoms with van der Waals surface area (Å²) in [5.41, 5.74) is 3.02. The molecular formula is C22H28ClFN6O. The van der Waals surface area contributed by atoms with Crippen LogP contribution in [0.5, 0.6) is 0 Å². The van der Waals surface area contributed by atoms with Crippen molar-refractivity contribution in [2.45, 2.75) is 44.7 Å². The number of aryl methyl sites for hydroxylation is 1. The molecule has 7 nitrogen and oxygen atoms in total. The first kappa shape index (κ1) is 21.8. The quantitative estimate of drug-likeness (QED) is 0.568. The van der Waals surface area contributed by atoms with Gasteiger partial charge in [-0.2, -0.15) is 0 Å². The molecule has 1 aromatic carbocycles. The highest BCUT2D eigenvalue weighted by atomic mass is 35.5. The van der Waals surface area contributed by atoms with E-state index in [1.165, 1.54) is 17.7 Å². The number of benzene rings is 1. The molecule has 1 aliphatic heterocycles. The van der Waals surface area contributed by atoms with E-state index in [-0.39, 0.29) is 17.1 Å². The molecule has 1 fully saturated rings. The molecule has 31 heavy (non-hydrogen) atoms. The van der Waals surface area contributed by atoms with Crippen molar-refractivity contribution in [1.29, 1.82) is 0 Å². The van der Waals surface area contributed by atoms with Gasteiger partial charge in [0.15, 0.2) is 0 Å². The molecule has 0 bridgehead atoms. The first-order valence-electron chi connectivity index (χ1n) is 10.8. The van der Waals surface area contributed by atoms with E-state index in [1.807, 2.05) is 0 Å². The number of amides is 2. The van der Waals surface area contributed by atoms with Crippen LogP contribution in [-0.4, -0.2) is 53.1 Å². The van der Waals surface area contributed by atoms with Crippen LogP contribution in [-0.2, 0) is 13.0 Å². The van der Waals surface area contributed by atoms with Crippen molar-refractivity contribution >= 4 is 23.4 Å². The Balaban J connectivity index is 1.34. The summed E-state index contributed by atoms with van der Waals surface area (Å²) in [7, 11) is 0. The lowest BCUT2D eigenvalue weighted by Crippen LogP contribution is -2.47. The van der Waals surface area contributed by atoms with Gasteiger partial charge in [-0.1, -0.05) is 24.6 Å². The van der Waals surface area contributed by atoms with Crippen LogP contribution >= 0.6 is 11.6 Å². The second-order valence-corrected chi connectivity index (χ2v) is 8.61. The fraction of sp³-hybridized carbons (Fsp3) is 0.500. The molecule has 2 amide bonds. The summed E-state index contributed by atoms with van der Waals surface area (Å²) in [6.07, 6.45) is 4.54. The SMILES string of the molecule is C[C@@H]1CCc2ncnc(NCCNC(=O)N(Cc3ccc(Cl)c(F)c3)C3CCNC3)c21. The number of rotatable bonds is 7. The molecule has 1 saturated heterocycles. The Morgan fingerprint density at radius 2 is 2.19 bits per heavy atom. The monoisotopic (exact) mass is 446 g/mol. The third kappa shape index (κ3) is 5.07. The zero-order valence-corrected chi connectivity index (χ0v) is 18.4. The van der Waals surface area contributed by atoms with Crippen molar-refractivity contribution in [2.75, 3.05) is 31.5 Å². The zero-order chi connectivity index (χ0) is 21.8. The van der Waals surface area contributed by atoms with Gasteiger partial charge in [-0.05, 0) is 49.4 Å². The van der Waals surface area contributed by atoms with Crippen LogP contribution in [0.4, 0.5) is 15.0 Å². The summed E-state index contributed by atoms with van der Waals surface area (Å²) in [4.78, 5) is 23.5. The molecule has 0 spiro atoms. The third-order valence-corrected chi connectivity index (χ3v) is 6.35. The maximum Gasteiger partial charge on any atom is 0.318 e. The minimum absolute atomic E-state index is 0.0673. The van der Waals surface area contributed by atoms with Crippen LogP contribution in [0.3, 0.4) is 0 Å². The van der Waals surface area contributed by atoms with Gasteiger partial charge in [-0.3, -0.25) is 0 Å². The van der Waals surface area contributed by atoms with Crippen LogP contribution in [0.1, 0.15) is 42.5 Å². The van der Waals surface area contributed by atoms with Crippen LogP contribution in [0, 0.1) is 5.82 Å². The number of halogens is 2. The molecule has 2 atom stereocenters. The van der Waals surface area contributed by atoms with E-state index in [9.17, 15) is 9.18 Å². The van der Waals surface area contributed by atoms with Gasteiger partial charge in [-0.25, -0.2) is 19.2 Å². The standard InChI is InChI=1S/C22H28ClFN6O/c1-14-2-5-19-20(14)21(29-13-28-19)26-8-9-27-22(31)30(16-6-7-25-11-16)12-15-3-4-17(23)18(24)10-15/h3-4,10,13-14,16,25H,2,5-9,11-12H2,1H3,(H,27,31)(H,26,28,29)/t14-,16?/m1/s1. The summed E-state index contributed by atoms with van der Waals surface area (Å²) in [5.74, 6) is 0.830. The summed E-state index contributed by atoms with van der Waals surface area (Å²) in [6, 6.07) is 4.58. The molecule has 4 rings (SSSR count). The Labute approximate surface area is 186 Å². The second kappa shape index (κ2) is 9.78. The number of hydrogen-bond acceptors (Lipinski definition) is 5. The number of fused-ring (bicyclic) bond motifs is 1. The number of nitrogens with one attached hydrogen (secondary N) is 3. The minimum Gasteiger partial charge on any atom is -0.368 e. The van der Waals surface area contributed by atoms with Gasteiger partial charge in [0.1, 0.15) is 18.0 Å². The number of nitrogens with zero attached hydrogens (tertiary/aromatic N) is 3. The van der Waals surface area contributed by atoms with Crippen LogP contribution < -0.4 is 16.0 Å². The summed E-state index contributed by atoms with van der Waals surface area (Å²) in [6.45, 7) is 5.13. The van der Waals surface area contributed by atoms with E-state index in [0.717, 1.165) is 43.9 Å². The summed E-state index contributed by atoms with van der Waals surface area (Å²) < 4.78 is 13.9. The highest BCUT2D eigenvalue weighted by molar-refractivity contribution is 6.30. The van der Waals surface area contributed by atoms with Crippen molar-refractivity contribution in [3.8, 4) is 0 Å². The van der Waals surface area contributed by atoms with Crippen LogP contribution in [0.25, 0.3) is 0 Å². The Bertz CT molecular complexity index is 936. The van der Waals surface area contributed by atoms with Crippen molar-refractivity contribution in [2.24, 2.45) is 0 Å². The lowest BCUT2D eigenvalue weighted by Gasteiger charge is -2.29. The number of aromatic nitrogens is 2. The van der Waals surface area contributed by atoms with E-state index >= 15 is 0 Å². The van der Waals surface area contributed by atoms with Gasteiger partial charge < -0.3 is 20.9 Å². The van der Waals surface area contributed by atoms with Gasteiger partial charge in [0.25, 0.3) is 0 Å². The van der Waals surface area contributed by atoms with Gasteiger partial charge >= 0.3 is 6.03 Å². The molecule has 1 aromatic heterocycles. The van der Waals surface area contributed by atoms with Crippen molar-refractivity contribution < 1.29 is 9.18 Å². The van der Waals surface area contributed by atoms with E-state index in [4.69, 9.17) is 11.6 Å². The number of urea groups is 1. The maximum atomic E-state index is 13.9. The minimum atomic E-state index is -0.472. The normalized spacial score (nSPS) is 19.8. The molecule has 2 aromatic rings. The van der Waals surface area contributed by atoms with Gasteiger partial charge in [0, 0.05) is 43.5 Å². The predicted molar refractivity (Wildman–Crippen MR) is 119 cm³/mol. The van der Waals surface area contributed by atoms with Crippen LogP contribution in [0.2, 0.25) is 5.02 Å². The zero-order valence-electron chi connectivity index (χ0n) is 17.6. The number of anilines is 1. The Morgan fingerprint density at radius 1 is 1.32 bits per heavy atom. The van der Waals surface area contributed by atoms with E-state index in [1.54, 1.807) is 17.3 Å². The maximum absolute atomic E-state index is 13.9. The number of carbonyl (C=O) groups excluding carboxylic acids is 1. The van der Waals surface area contributed by atoms with E-state index < -0.39 is 5.82 Å². The molecule has 0 radical (unpaired) electrons. The molecule has 1 unspecified atom stereocenters. The Morgan fingerprint density at radius 3 is 2.97 bits per heavy atom. The third-order valence-electron chi connectivity index (χ3n) is 6.04. The lowest BCUT2D eigenvalue weighted by atomic mass is 10.1. The van der Waals surface area contributed by atoms with Gasteiger partial charge in [0.05, 0.1) is 5.02 Å². The van der Waals surface area contributed by atoms with E-state index in [0.29, 0.717) is 31.1 Å². The molecule has 1 aliphatic carbocycles. The highest BCUT2D eigenvalue weighted by Gasteiger charge is 2.27. The molecular weight excluding hydrogens is 419 g/mol. The smallest absolute Gasteiger partial charge is 0.318 e. The highest BCUT2D eigenvalue weighted by Crippen LogP contribution is 2.35. The van der Waals surface area contributed by atoms with Crippen molar-refractivity contribution in [3.05, 3.63) is 52.2 Å². The van der Waals surface area contributed by atoms with E-state index in [2.05, 4.69) is 32.8 Å². The van der Waals surface area contributed by atoms with Crippen LogP contribution in [0.15, 0.2) is 24.5 Å². The number of hydrogen-bond donors (Lipinski definition) is 3. The first-order chi connectivity index (χ1) is 15.0. The summed E-state index contributed by atoms with van der Waals surface area (Å²) in [5, 5.41) is 9.70. The molecule has 2 aliphatic rings. The average Bonchev–Trinajstić information content (AvgIpc) is 3.42. The van der Waals surface area contributed by atoms with Crippen molar-refractivity contribution in [3.63, 3.8) is 0 Å². The average molecular weight is 447 g/mol. The largest absolute Gasteiger partial charge is 0.368 e. The first-order valence-corrected chi connectivity index (χ1v) is 11.2. The predicted octanol–water partition coefficient (Wildman–Crippen LogP) is 3.30. The molecule has 2 heterocycles. The lowest BCUT2D eigenvalue weighted by molar-refractivity contribution is 0.175. The molecule has 0 saturated carbocycles. The molecule has 9 heteroatoms. The Kier molecular flexibility index (Phi) is 6.87. The fourth-order valence-corrected chi connectivity index (χ4v) is 4.46. The van der Waals surface area contributed by atoms with Crippen molar-refractivity contribution in [1.82, 2.24) is 25.5 Å². The summed E-state index contributed by atoms with van der Waals surface area (Å²) >= 11 is 5.79. The molecule has 166 valence electrons. The Hall–Kier alpha value is -2.45. The second-order valence-electron chi connectivity index (χ2n) is 8.20. The topological polar surface area (TPSA) is 82.2 Å². The van der Waals surface area contributed by atoms with Gasteiger partial charge in [-0.15, -0.1) is 0 Å².